The number of aliphatic hydroxyl groups is 1. The van der Waals surface area contributed by atoms with Gasteiger partial charge in [-0.15, -0.1) is 0 Å². The predicted octanol–water partition coefficient (Wildman–Crippen LogP) is 1.01. The molecule has 2 aliphatic carbocycles. The molecule has 1 aromatic rings. The number of benzene rings is 1. The normalized spacial score (nSPS) is 31.6. The number of rotatable bonds is 6. The summed E-state index contributed by atoms with van der Waals surface area (Å²) in [5.41, 5.74) is -0.303. The third-order valence-electron chi connectivity index (χ3n) is 7.75. The number of likely N-dealkylation sites (N-methyl/N-ethyl adjacent to an activating group) is 1. The predicted molar refractivity (Wildman–Crippen MR) is 115 cm³/mol. The maximum atomic E-state index is 12.7. The van der Waals surface area contributed by atoms with Gasteiger partial charge in [0.15, 0.2) is 23.7 Å². The van der Waals surface area contributed by atoms with Gasteiger partial charge in [0.05, 0.1) is 23.9 Å². The van der Waals surface area contributed by atoms with Gasteiger partial charge in [-0.25, -0.2) is 4.79 Å². The first kappa shape index (κ1) is 22.7. The van der Waals surface area contributed by atoms with E-state index in [0.29, 0.717) is 25.1 Å². The van der Waals surface area contributed by atoms with E-state index >= 15 is 0 Å². The SMILES string of the molecule is C[C@H](OC(=O)CCC(=O)O)C(=O)OC1=CC[C@@]2(O)[C@H]3Cc4ccc(O)c5c4[C@@]2(CCN3C)[C@H]1O5. The molecule has 10 nitrogen and oxygen atoms in total. The highest BCUT2D eigenvalue weighted by molar-refractivity contribution is 5.81. The molecule has 5 rings (SSSR count). The molecule has 2 bridgehead atoms. The fraction of sp³-hybridized carbons (Fsp3) is 0.542. The number of carbonyl (C=O) groups excluding carboxylic acids is 2. The summed E-state index contributed by atoms with van der Waals surface area (Å²) in [6.07, 6.45) is 0.171. The summed E-state index contributed by atoms with van der Waals surface area (Å²) < 4.78 is 16.9. The van der Waals surface area contributed by atoms with Crippen LogP contribution in [0, 0.1) is 0 Å². The Morgan fingerprint density at radius 1 is 1.29 bits per heavy atom. The van der Waals surface area contributed by atoms with Crippen LogP contribution in [-0.4, -0.2) is 75.6 Å². The lowest BCUT2D eigenvalue weighted by molar-refractivity contribution is -0.175. The van der Waals surface area contributed by atoms with Gasteiger partial charge in [0, 0.05) is 18.0 Å². The van der Waals surface area contributed by atoms with E-state index in [0.717, 1.165) is 11.1 Å². The summed E-state index contributed by atoms with van der Waals surface area (Å²) in [5.74, 6) is -2.32. The van der Waals surface area contributed by atoms with Crippen molar-refractivity contribution in [2.24, 2.45) is 0 Å². The van der Waals surface area contributed by atoms with Crippen LogP contribution in [0.4, 0.5) is 0 Å². The number of aliphatic carboxylic acids is 1. The van der Waals surface area contributed by atoms with Gasteiger partial charge in [-0.05, 0) is 51.1 Å². The zero-order valence-electron chi connectivity index (χ0n) is 18.9. The second-order valence-electron chi connectivity index (χ2n) is 9.55. The van der Waals surface area contributed by atoms with E-state index in [2.05, 4.69) is 4.90 Å². The van der Waals surface area contributed by atoms with Crippen LogP contribution in [-0.2, 0) is 35.7 Å². The Bertz CT molecular complexity index is 1110. The van der Waals surface area contributed by atoms with Gasteiger partial charge in [-0.1, -0.05) is 6.07 Å². The first-order valence-electron chi connectivity index (χ1n) is 11.4. The molecule has 0 unspecified atom stereocenters. The van der Waals surface area contributed by atoms with Crippen LogP contribution in [0.3, 0.4) is 0 Å². The summed E-state index contributed by atoms with van der Waals surface area (Å²) >= 11 is 0. The number of carboxylic acids is 1. The van der Waals surface area contributed by atoms with Crippen molar-refractivity contribution in [2.75, 3.05) is 13.6 Å². The van der Waals surface area contributed by atoms with E-state index in [-0.39, 0.29) is 30.4 Å². The minimum Gasteiger partial charge on any atom is -0.504 e. The molecule has 5 atom stereocenters. The van der Waals surface area contributed by atoms with E-state index in [1.54, 1.807) is 12.1 Å². The molecule has 10 heteroatoms. The molecule has 1 aromatic carbocycles. The average molecular weight is 473 g/mol. The van der Waals surface area contributed by atoms with Gasteiger partial charge in [-0.2, -0.15) is 0 Å². The highest BCUT2D eigenvalue weighted by Crippen LogP contribution is 2.65. The molecular formula is C24H27NO9. The highest BCUT2D eigenvalue weighted by atomic mass is 16.6. The molecule has 1 spiro atoms. The van der Waals surface area contributed by atoms with Crippen LogP contribution in [0.5, 0.6) is 11.5 Å². The van der Waals surface area contributed by atoms with Crippen molar-refractivity contribution in [1.29, 1.82) is 0 Å². The summed E-state index contributed by atoms with van der Waals surface area (Å²) in [7, 11) is 1.98. The van der Waals surface area contributed by atoms with E-state index < -0.39 is 47.6 Å². The zero-order valence-corrected chi connectivity index (χ0v) is 18.9. The van der Waals surface area contributed by atoms with Gasteiger partial charge in [0.25, 0.3) is 0 Å². The number of piperidine rings is 1. The van der Waals surface area contributed by atoms with Crippen LogP contribution >= 0.6 is 0 Å². The Hall–Kier alpha value is -3.11. The van der Waals surface area contributed by atoms with Gasteiger partial charge in [0.1, 0.15) is 5.76 Å². The van der Waals surface area contributed by atoms with Crippen molar-refractivity contribution in [3.63, 3.8) is 0 Å². The van der Waals surface area contributed by atoms with E-state index in [1.165, 1.54) is 6.92 Å². The smallest absolute Gasteiger partial charge is 0.352 e. The standard InChI is InChI=1S/C24H27NO9/c1-12(32-18(29)6-5-17(27)28)22(30)33-15-7-8-24(31)16-11-13-3-4-14(26)20-19(13)23(24,21(15)34-20)9-10-25(16)2/h3-4,7,12,16,21,26,31H,5-6,8-11H2,1-2H3,(H,27,28)/t12-,16+,21-,23-,24+/m0/s1. The molecule has 0 amide bonds. The number of ether oxygens (including phenoxy) is 3. The summed E-state index contributed by atoms with van der Waals surface area (Å²) in [4.78, 5) is 37.3. The molecule has 1 saturated heterocycles. The molecule has 0 aromatic heterocycles. The topological polar surface area (TPSA) is 143 Å². The number of carbonyl (C=O) groups is 3. The van der Waals surface area contributed by atoms with Gasteiger partial charge in [-0.3, -0.25) is 9.59 Å². The van der Waals surface area contributed by atoms with Crippen LogP contribution in [0.2, 0.25) is 0 Å². The van der Waals surface area contributed by atoms with E-state index in [4.69, 9.17) is 19.3 Å². The van der Waals surface area contributed by atoms with Crippen molar-refractivity contribution in [3.8, 4) is 11.5 Å². The molecule has 0 saturated carbocycles. The molecule has 4 aliphatic rings. The summed E-state index contributed by atoms with van der Waals surface area (Å²) in [6.45, 7) is 2.04. The van der Waals surface area contributed by atoms with Gasteiger partial charge >= 0.3 is 17.9 Å². The quantitative estimate of drug-likeness (QED) is 0.512. The fourth-order valence-corrected chi connectivity index (χ4v) is 6.15. The zero-order chi connectivity index (χ0) is 24.4. The maximum absolute atomic E-state index is 12.7. The Morgan fingerprint density at radius 2 is 2.06 bits per heavy atom. The van der Waals surface area contributed by atoms with E-state index in [9.17, 15) is 24.6 Å². The molecule has 1 fully saturated rings. The molecule has 0 radical (unpaired) electrons. The number of hydrogen-bond acceptors (Lipinski definition) is 9. The van der Waals surface area contributed by atoms with Crippen LogP contribution in [0.15, 0.2) is 24.0 Å². The number of aromatic hydroxyl groups is 1. The lowest BCUT2D eigenvalue weighted by atomic mass is 9.50. The molecule has 2 aliphatic heterocycles. The van der Waals surface area contributed by atoms with Crippen molar-refractivity contribution in [1.82, 2.24) is 4.90 Å². The molecule has 182 valence electrons. The monoisotopic (exact) mass is 473 g/mol. The minimum atomic E-state index is -1.26. The highest BCUT2D eigenvalue weighted by Gasteiger charge is 2.72. The second-order valence-corrected chi connectivity index (χ2v) is 9.55. The summed E-state index contributed by atoms with van der Waals surface area (Å²) in [5, 5.41) is 31.3. The largest absolute Gasteiger partial charge is 0.504 e. The number of phenolic OH excluding ortho intramolecular Hbond substituents is 1. The maximum Gasteiger partial charge on any atom is 0.352 e. The molecular weight excluding hydrogens is 446 g/mol. The second kappa shape index (κ2) is 7.71. The average Bonchev–Trinajstić information content (AvgIpc) is 3.14. The molecule has 34 heavy (non-hydrogen) atoms. The molecule has 3 N–H and O–H groups in total. The lowest BCUT2D eigenvalue weighted by Crippen LogP contribution is -2.74. The van der Waals surface area contributed by atoms with Crippen molar-refractivity contribution < 1.29 is 43.9 Å². The number of likely N-dealkylation sites (tertiary alicyclic amines) is 1. The van der Waals surface area contributed by atoms with Crippen LogP contribution in [0.1, 0.15) is 43.7 Å². The van der Waals surface area contributed by atoms with Gasteiger partial charge in [0.2, 0.25) is 0 Å². The van der Waals surface area contributed by atoms with Crippen LogP contribution in [0.25, 0.3) is 0 Å². The first-order chi connectivity index (χ1) is 16.1. The third kappa shape index (κ3) is 3.05. The van der Waals surface area contributed by atoms with Crippen molar-refractivity contribution in [3.05, 3.63) is 35.1 Å². The number of hydrogen-bond donors (Lipinski definition) is 3. The summed E-state index contributed by atoms with van der Waals surface area (Å²) in [6, 6.07) is 3.27. The van der Waals surface area contributed by atoms with Crippen molar-refractivity contribution in [2.45, 2.75) is 68.3 Å². The fourth-order valence-electron chi connectivity index (χ4n) is 6.15. The third-order valence-corrected chi connectivity index (χ3v) is 7.75. The van der Waals surface area contributed by atoms with Gasteiger partial charge < -0.3 is 34.4 Å². The lowest BCUT2D eigenvalue weighted by Gasteiger charge is -2.61. The van der Waals surface area contributed by atoms with Crippen molar-refractivity contribution >= 4 is 17.9 Å². The Labute approximate surface area is 195 Å². The Kier molecular flexibility index (Phi) is 5.14. The number of nitrogens with zero attached hydrogens (tertiary/aromatic N) is 1. The minimum absolute atomic E-state index is 0.0336. The Balaban J connectivity index is 1.44. The Morgan fingerprint density at radius 3 is 2.79 bits per heavy atom. The first-order valence-corrected chi connectivity index (χ1v) is 11.4. The van der Waals surface area contributed by atoms with Crippen LogP contribution < -0.4 is 4.74 Å². The number of carboxylic acid groups (broad SMARTS) is 1. The molecule has 2 heterocycles. The number of esters is 2. The van der Waals surface area contributed by atoms with E-state index in [1.807, 2.05) is 13.1 Å². The number of phenols is 1.